The quantitative estimate of drug-likeness (QED) is 0.859. The second-order valence-electron chi connectivity index (χ2n) is 6.19. The van der Waals surface area contributed by atoms with Gasteiger partial charge in [-0.25, -0.2) is 0 Å². The molecule has 0 radical (unpaired) electrons. The van der Waals surface area contributed by atoms with Crippen LogP contribution in [0, 0.1) is 0 Å². The lowest BCUT2D eigenvalue weighted by atomic mass is 9.87. The molecule has 0 N–H and O–H groups in total. The zero-order valence-corrected chi connectivity index (χ0v) is 13.2. The van der Waals surface area contributed by atoms with E-state index in [-0.39, 0.29) is 11.0 Å². The van der Waals surface area contributed by atoms with Gasteiger partial charge >= 0.3 is 0 Å². The summed E-state index contributed by atoms with van der Waals surface area (Å²) in [4.78, 5) is 12.2. The van der Waals surface area contributed by atoms with Crippen LogP contribution < -0.4 is 10.3 Å². The Hall–Kier alpha value is -2.03. The molecule has 1 aromatic carbocycles. The van der Waals surface area contributed by atoms with Gasteiger partial charge in [-0.2, -0.15) is 0 Å². The summed E-state index contributed by atoms with van der Waals surface area (Å²) in [5.74, 6) is 0.409. The lowest BCUT2D eigenvalue weighted by Crippen LogP contribution is -2.21. The second kappa shape index (κ2) is 6.17. The molecule has 0 spiro atoms. The number of nitrogens with zero attached hydrogens (tertiary/aromatic N) is 1. The molecule has 3 heteroatoms. The molecular formula is C18H23NO2. The van der Waals surface area contributed by atoms with Crippen molar-refractivity contribution in [1.82, 2.24) is 4.57 Å². The predicted molar refractivity (Wildman–Crippen MR) is 86.1 cm³/mol. The number of aromatic nitrogens is 1. The van der Waals surface area contributed by atoms with Crippen molar-refractivity contribution < 1.29 is 4.74 Å². The van der Waals surface area contributed by atoms with Crippen LogP contribution in [0.25, 0.3) is 0 Å². The van der Waals surface area contributed by atoms with Crippen molar-refractivity contribution in [2.24, 2.45) is 0 Å². The predicted octanol–water partition coefficient (Wildman–Crippen LogP) is 3.59. The van der Waals surface area contributed by atoms with E-state index in [9.17, 15) is 4.79 Å². The molecule has 0 saturated carbocycles. The first-order chi connectivity index (χ1) is 9.91. The molecule has 0 amide bonds. The summed E-state index contributed by atoms with van der Waals surface area (Å²) in [5, 5.41) is 0. The molecule has 3 nitrogen and oxygen atoms in total. The first-order valence-electron chi connectivity index (χ1n) is 7.33. The van der Waals surface area contributed by atoms with Gasteiger partial charge in [-0.15, -0.1) is 0 Å². The maximum atomic E-state index is 12.2. The Morgan fingerprint density at radius 1 is 1.10 bits per heavy atom. The van der Waals surface area contributed by atoms with E-state index in [2.05, 4.69) is 45.0 Å². The fraction of sp³-hybridized carbons (Fsp3) is 0.389. The van der Waals surface area contributed by atoms with Gasteiger partial charge in [0.05, 0.1) is 13.2 Å². The van der Waals surface area contributed by atoms with Gasteiger partial charge in [-0.3, -0.25) is 4.79 Å². The summed E-state index contributed by atoms with van der Waals surface area (Å²) in [6.07, 6.45) is 1.79. The zero-order chi connectivity index (χ0) is 15.5. The van der Waals surface area contributed by atoms with E-state index >= 15 is 0 Å². The van der Waals surface area contributed by atoms with E-state index in [1.165, 1.54) is 5.56 Å². The van der Waals surface area contributed by atoms with Crippen LogP contribution in [0.1, 0.15) is 38.8 Å². The van der Waals surface area contributed by atoms with E-state index in [0.29, 0.717) is 18.9 Å². The van der Waals surface area contributed by atoms with Gasteiger partial charge in [0.2, 0.25) is 0 Å². The summed E-state index contributed by atoms with van der Waals surface area (Å²) in [5.41, 5.74) is 2.46. The summed E-state index contributed by atoms with van der Waals surface area (Å²) in [6, 6.07) is 12.0. The van der Waals surface area contributed by atoms with Crippen LogP contribution in [0.3, 0.4) is 0 Å². The molecule has 0 saturated heterocycles. The van der Waals surface area contributed by atoms with Gasteiger partial charge in [0.1, 0.15) is 0 Å². The van der Waals surface area contributed by atoms with Crippen molar-refractivity contribution >= 4 is 0 Å². The molecule has 1 aromatic heterocycles. The van der Waals surface area contributed by atoms with Crippen molar-refractivity contribution in [3.05, 3.63) is 64.1 Å². The molecule has 2 aromatic rings. The highest BCUT2D eigenvalue weighted by Crippen LogP contribution is 2.22. The number of pyridine rings is 1. The van der Waals surface area contributed by atoms with Crippen molar-refractivity contribution in [2.75, 3.05) is 6.61 Å². The summed E-state index contributed by atoms with van der Waals surface area (Å²) in [7, 11) is 0. The van der Waals surface area contributed by atoms with Crippen molar-refractivity contribution in [2.45, 2.75) is 39.7 Å². The molecule has 21 heavy (non-hydrogen) atoms. The average Bonchev–Trinajstić information content (AvgIpc) is 2.43. The van der Waals surface area contributed by atoms with Gasteiger partial charge in [0.15, 0.2) is 5.75 Å². The van der Waals surface area contributed by atoms with Crippen LogP contribution in [-0.2, 0) is 12.0 Å². The molecule has 0 bridgehead atoms. The van der Waals surface area contributed by atoms with E-state index < -0.39 is 0 Å². The molecule has 0 unspecified atom stereocenters. The standard InChI is InChI=1S/C18H23NO2/c1-5-21-16-7-6-12-19(17(16)20)13-14-8-10-15(11-9-14)18(2,3)4/h6-12H,5,13H2,1-4H3. The molecule has 1 heterocycles. The minimum Gasteiger partial charge on any atom is -0.488 e. The second-order valence-corrected chi connectivity index (χ2v) is 6.19. The minimum absolute atomic E-state index is 0.0840. The Kier molecular flexibility index (Phi) is 4.51. The SMILES string of the molecule is CCOc1cccn(Cc2ccc(C(C)(C)C)cc2)c1=O. The van der Waals surface area contributed by atoms with Crippen LogP contribution >= 0.6 is 0 Å². The summed E-state index contributed by atoms with van der Waals surface area (Å²) >= 11 is 0. The fourth-order valence-electron chi connectivity index (χ4n) is 2.21. The average molecular weight is 285 g/mol. The van der Waals surface area contributed by atoms with Crippen LogP contribution in [0.15, 0.2) is 47.4 Å². The Morgan fingerprint density at radius 3 is 2.33 bits per heavy atom. The van der Waals surface area contributed by atoms with Gasteiger partial charge in [0.25, 0.3) is 5.56 Å². The Balaban J connectivity index is 2.23. The lowest BCUT2D eigenvalue weighted by Gasteiger charge is -2.19. The minimum atomic E-state index is -0.0840. The van der Waals surface area contributed by atoms with E-state index in [1.54, 1.807) is 16.8 Å². The largest absolute Gasteiger partial charge is 0.488 e. The first-order valence-corrected chi connectivity index (χ1v) is 7.33. The highest BCUT2D eigenvalue weighted by Gasteiger charge is 2.13. The number of benzene rings is 1. The topological polar surface area (TPSA) is 31.2 Å². The summed E-state index contributed by atoms with van der Waals surface area (Å²) < 4.78 is 7.02. The molecule has 0 fully saturated rings. The zero-order valence-electron chi connectivity index (χ0n) is 13.2. The van der Waals surface area contributed by atoms with Gasteiger partial charge in [0, 0.05) is 6.20 Å². The third-order valence-electron chi connectivity index (χ3n) is 3.46. The highest BCUT2D eigenvalue weighted by molar-refractivity contribution is 5.28. The lowest BCUT2D eigenvalue weighted by molar-refractivity contribution is 0.332. The van der Waals surface area contributed by atoms with Gasteiger partial charge in [-0.05, 0) is 35.6 Å². The van der Waals surface area contributed by atoms with E-state index in [1.807, 2.05) is 13.0 Å². The van der Waals surface area contributed by atoms with Crippen LogP contribution in [0.2, 0.25) is 0 Å². The Morgan fingerprint density at radius 2 is 1.76 bits per heavy atom. The number of hydrogen-bond acceptors (Lipinski definition) is 2. The molecule has 0 aliphatic rings. The monoisotopic (exact) mass is 285 g/mol. The normalized spacial score (nSPS) is 11.4. The Labute approximate surface area is 126 Å². The van der Waals surface area contributed by atoms with Crippen LogP contribution in [0.5, 0.6) is 5.75 Å². The van der Waals surface area contributed by atoms with Crippen molar-refractivity contribution in [3.63, 3.8) is 0 Å². The summed E-state index contributed by atoms with van der Waals surface area (Å²) in [6.45, 7) is 9.51. The van der Waals surface area contributed by atoms with Gasteiger partial charge in [-0.1, -0.05) is 45.0 Å². The fourth-order valence-corrected chi connectivity index (χ4v) is 2.21. The molecule has 112 valence electrons. The Bertz CT molecular complexity index is 648. The number of rotatable bonds is 4. The van der Waals surface area contributed by atoms with Crippen LogP contribution in [-0.4, -0.2) is 11.2 Å². The molecule has 0 aliphatic heterocycles. The van der Waals surface area contributed by atoms with E-state index in [0.717, 1.165) is 5.56 Å². The van der Waals surface area contributed by atoms with Crippen molar-refractivity contribution in [3.8, 4) is 5.75 Å². The third kappa shape index (κ3) is 3.75. The maximum absolute atomic E-state index is 12.2. The molecular weight excluding hydrogens is 262 g/mol. The number of hydrogen-bond donors (Lipinski definition) is 0. The maximum Gasteiger partial charge on any atom is 0.293 e. The third-order valence-corrected chi connectivity index (χ3v) is 3.46. The molecule has 0 atom stereocenters. The molecule has 2 rings (SSSR count). The smallest absolute Gasteiger partial charge is 0.293 e. The highest BCUT2D eigenvalue weighted by atomic mass is 16.5. The molecule has 0 aliphatic carbocycles. The van der Waals surface area contributed by atoms with Crippen LogP contribution in [0.4, 0.5) is 0 Å². The van der Waals surface area contributed by atoms with Gasteiger partial charge < -0.3 is 9.30 Å². The first kappa shape index (κ1) is 15.4. The number of ether oxygens (including phenoxy) is 1. The van der Waals surface area contributed by atoms with Crippen molar-refractivity contribution in [1.29, 1.82) is 0 Å². The van der Waals surface area contributed by atoms with E-state index in [4.69, 9.17) is 4.74 Å².